The van der Waals surface area contributed by atoms with Gasteiger partial charge in [0.25, 0.3) is 0 Å². The number of hydrogen-bond acceptors (Lipinski definition) is 4. The summed E-state index contributed by atoms with van der Waals surface area (Å²) < 4.78 is 1.60. The van der Waals surface area contributed by atoms with E-state index in [1.54, 1.807) is 11.7 Å². The fourth-order valence-corrected chi connectivity index (χ4v) is 2.35. The molecular formula is C8H11N3O2S. The van der Waals surface area contributed by atoms with E-state index in [0.29, 0.717) is 11.1 Å². The molecule has 0 aliphatic heterocycles. The Balaban J connectivity index is 2.07. The third-order valence-corrected chi connectivity index (χ3v) is 3.62. The zero-order chi connectivity index (χ0) is 10.1. The summed E-state index contributed by atoms with van der Waals surface area (Å²) in [6.45, 7) is 0. The first-order chi connectivity index (χ1) is 6.68. The summed E-state index contributed by atoms with van der Waals surface area (Å²) in [5, 5.41) is 13.2. The van der Waals surface area contributed by atoms with Crippen molar-refractivity contribution in [3.8, 4) is 0 Å². The van der Waals surface area contributed by atoms with Crippen LogP contribution in [0.15, 0.2) is 11.5 Å². The summed E-state index contributed by atoms with van der Waals surface area (Å²) >= 11 is 1.29. The molecular weight excluding hydrogens is 202 g/mol. The molecule has 1 atom stereocenters. The minimum Gasteiger partial charge on any atom is -0.480 e. The molecule has 1 aliphatic rings. The van der Waals surface area contributed by atoms with Gasteiger partial charge in [-0.3, -0.25) is 4.79 Å². The molecule has 1 saturated carbocycles. The maximum absolute atomic E-state index is 10.9. The van der Waals surface area contributed by atoms with Gasteiger partial charge < -0.3 is 5.11 Å². The van der Waals surface area contributed by atoms with Gasteiger partial charge in [0.15, 0.2) is 5.16 Å². The second kappa shape index (κ2) is 3.61. The van der Waals surface area contributed by atoms with Gasteiger partial charge in [0.2, 0.25) is 0 Å². The lowest BCUT2D eigenvalue weighted by molar-refractivity contribution is -0.136. The first-order valence-electron chi connectivity index (χ1n) is 4.42. The molecule has 0 amide bonds. The Morgan fingerprint density at radius 1 is 1.79 bits per heavy atom. The van der Waals surface area contributed by atoms with Gasteiger partial charge >= 0.3 is 5.97 Å². The number of aliphatic carboxylic acids is 1. The van der Waals surface area contributed by atoms with Gasteiger partial charge in [0, 0.05) is 7.05 Å². The van der Waals surface area contributed by atoms with Crippen molar-refractivity contribution >= 4 is 17.7 Å². The molecule has 1 heterocycles. The molecule has 2 rings (SSSR count). The quantitative estimate of drug-likeness (QED) is 0.748. The van der Waals surface area contributed by atoms with Crippen LogP contribution in [0.3, 0.4) is 0 Å². The number of nitrogens with zero attached hydrogens (tertiary/aromatic N) is 3. The van der Waals surface area contributed by atoms with Gasteiger partial charge in [-0.2, -0.15) is 5.10 Å². The molecule has 0 spiro atoms. The van der Waals surface area contributed by atoms with Crippen molar-refractivity contribution in [3.05, 3.63) is 6.33 Å². The molecule has 1 unspecified atom stereocenters. The fourth-order valence-electron chi connectivity index (χ4n) is 1.25. The van der Waals surface area contributed by atoms with E-state index in [1.165, 1.54) is 18.1 Å². The Morgan fingerprint density at radius 3 is 2.93 bits per heavy atom. The molecule has 14 heavy (non-hydrogen) atoms. The number of carbonyl (C=O) groups is 1. The lowest BCUT2D eigenvalue weighted by Gasteiger charge is -2.08. The van der Waals surface area contributed by atoms with Crippen LogP contribution in [-0.2, 0) is 11.8 Å². The number of carboxylic acid groups (broad SMARTS) is 1. The van der Waals surface area contributed by atoms with E-state index < -0.39 is 5.97 Å². The Kier molecular flexibility index (Phi) is 2.45. The van der Waals surface area contributed by atoms with Crippen LogP contribution in [0.2, 0.25) is 0 Å². The van der Waals surface area contributed by atoms with Crippen molar-refractivity contribution < 1.29 is 9.90 Å². The van der Waals surface area contributed by atoms with Crippen LogP contribution in [0.1, 0.15) is 12.8 Å². The highest BCUT2D eigenvalue weighted by atomic mass is 32.2. The molecule has 1 aromatic rings. The molecule has 0 aromatic carbocycles. The molecule has 1 fully saturated rings. The van der Waals surface area contributed by atoms with Crippen molar-refractivity contribution in [2.45, 2.75) is 23.2 Å². The number of rotatable bonds is 4. The molecule has 76 valence electrons. The Hall–Kier alpha value is -1.04. The van der Waals surface area contributed by atoms with Crippen LogP contribution in [0.25, 0.3) is 0 Å². The van der Waals surface area contributed by atoms with E-state index in [0.717, 1.165) is 12.8 Å². The second-order valence-electron chi connectivity index (χ2n) is 3.38. The minimum atomic E-state index is -0.750. The lowest BCUT2D eigenvalue weighted by Crippen LogP contribution is -2.19. The normalized spacial score (nSPS) is 18.1. The summed E-state index contributed by atoms with van der Waals surface area (Å²) in [7, 11) is 1.77. The van der Waals surface area contributed by atoms with Crippen LogP contribution in [-0.4, -0.2) is 31.1 Å². The van der Waals surface area contributed by atoms with Crippen LogP contribution in [0, 0.1) is 5.92 Å². The zero-order valence-electron chi connectivity index (χ0n) is 7.75. The predicted molar refractivity (Wildman–Crippen MR) is 51.0 cm³/mol. The van der Waals surface area contributed by atoms with Crippen molar-refractivity contribution in [3.63, 3.8) is 0 Å². The second-order valence-corrected chi connectivity index (χ2v) is 4.49. The average Bonchev–Trinajstić information content (AvgIpc) is 2.87. The van der Waals surface area contributed by atoms with E-state index >= 15 is 0 Å². The SMILES string of the molecule is Cn1ncnc1SC(C(=O)O)C1CC1. The fraction of sp³-hybridized carbons (Fsp3) is 0.625. The third kappa shape index (κ3) is 1.89. The van der Waals surface area contributed by atoms with Crippen molar-refractivity contribution in [2.75, 3.05) is 0 Å². The molecule has 1 aliphatic carbocycles. The monoisotopic (exact) mass is 213 g/mol. The Morgan fingerprint density at radius 2 is 2.50 bits per heavy atom. The first kappa shape index (κ1) is 9.51. The van der Waals surface area contributed by atoms with E-state index in [2.05, 4.69) is 10.1 Å². The van der Waals surface area contributed by atoms with Gasteiger partial charge in [0.1, 0.15) is 11.6 Å². The van der Waals surface area contributed by atoms with E-state index in [1.807, 2.05) is 0 Å². The number of aryl methyl sites for hydroxylation is 1. The molecule has 1 N–H and O–H groups in total. The summed E-state index contributed by atoms with van der Waals surface area (Å²) in [5.41, 5.74) is 0. The maximum Gasteiger partial charge on any atom is 0.317 e. The number of thioether (sulfide) groups is 1. The molecule has 1 aromatic heterocycles. The first-order valence-corrected chi connectivity index (χ1v) is 5.30. The third-order valence-electron chi connectivity index (χ3n) is 2.20. The van der Waals surface area contributed by atoms with E-state index in [9.17, 15) is 4.79 Å². The van der Waals surface area contributed by atoms with E-state index in [4.69, 9.17) is 5.11 Å². The molecule has 0 radical (unpaired) electrons. The molecule has 6 heteroatoms. The Bertz CT molecular complexity index is 348. The number of hydrogen-bond donors (Lipinski definition) is 1. The lowest BCUT2D eigenvalue weighted by atomic mass is 10.3. The van der Waals surface area contributed by atoms with Crippen LogP contribution < -0.4 is 0 Å². The van der Waals surface area contributed by atoms with E-state index in [-0.39, 0.29) is 5.25 Å². The van der Waals surface area contributed by atoms with Gasteiger partial charge in [-0.05, 0) is 18.8 Å². The molecule has 5 nitrogen and oxygen atoms in total. The zero-order valence-corrected chi connectivity index (χ0v) is 8.57. The number of aromatic nitrogens is 3. The van der Waals surface area contributed by atoms with Gasteiger partial charge in [-0.15, -0.1) is 0 Å². The highest BCUT2D eigenvalue weighted by Crippen LogP contribution is 2.41. The van der Waals surface area contributed by atoms with Crippen molar-refractivity contribution in [1.29, 1.82) is 0 Å². The van der Waals surface area contributed by atoms with Crippen LogP contribution in [0.4, 0.5) is 0 Å². The maximum atomic E-state index is 10.9. The van der Waals surface area contributed by atoms with Crippen LogP contribution in [0.5, 0.6) is 0 Å². The molecule has 0 saturated heterocycles. The number of carboxylic acids is 1. The highest BCUT2D eigenvalue weighted by Gasteiger charge is 2.37. The van der Waals surface area contributed by atoms with Crippen molar-refractivity contribution in [2.24, 2.45) is 13.0 Å². The van der Waals surface area contributed by atoms with Crippen LogP contribution >= 0.6 is 11.8 Å². The van der Waals surface area contributed by atoms with Gasteiger partial charge in [-0.25, -0.2) is 9.67 Å². The smallest absolute Gasteiger partial charge is 0.317 e. The highest BCUT2D eigenvalue weighted by molar-refractivity contribution is 8.00. The predicted octanol–water partition coefficient (Wildman–Crippen LogP) is 0.770. The van der Waals surface area contributed by atoms with Crippen molar-refractivity contribution in [1.82, 2.24) is 14.8 Å². The molecule has 0 bridgehead atoms. The standard InChI is InChI=1S/C8H11N3O2S/c1-11-8(9-4-10-11)14-6(7(12)13)5-2-3-5/h4-6H,2-3H2,1H3,(H,12,13). The summed E-state index contributed by atoms with van der Waals surface area (Å²) in [6.07, 6.45) is 3.47. The van der Waals surface area contributed by atoms with Gasteiger partial charge in [0.05, 0.1) is 0 Å². The summed E-state index contributed by atoms with van der Waals surface area (Å²) in [5.74, 6) is -0.435. The largest absolute Gasteiger partial charge is 0.480 e. The Labute approximate surface area is 85.5 Å². The topological polar surface area (TPSA) is 68.0 Å². The van der Waals surface area contributed by atoms with Gasteiger partial charge in [-0.1, -0.05) is 11.8 Å². The summed E-state index contributed by atoms with van der Waals surface area (Å²) in [6, 6.07) is 0. The average molecular weight is 213 g/mol. The summed E-state index contributed by atoms with van der Waals surface area (Å²) in [4.78, 5) is 14.9. The minimum absolute atomic E-state index is 0.314.